The summed E-state index contributed by atoms with van der Waals surface area (Å²) in [7, 11) is 0.0618. The van der Waals surface area contributed by atoms with E-state index in [0.29, 0.717) is 28.4 Å². The largest absolute Gasteiger partial charge is 0.584 e. The van der Waals surface area contributed by atoms with Crippen molar-refractivity contribution in [1.29, 1.82) is 0 Å². The van der Waals surface area contributed by atoms with Gasteiger partial charge in [-0.2, -0.15) is 0 Å². The summed E-state index contributed by atoms with van der Waals surface area (Å²) >= 11 is 0. The first kappa shape index (κ1) is 23.2. The third-order valence-corrected chi connectivity index (χ3v) is 5.35. The highest BCUT2D eigenvalue weighted by molar-refractivity contribution is 7.48. The lowest BCUT2D eigenvalue weighted by Crippen LogP contribution is -2.08. The molecule has 0 spiro atoms. The van der Waals surface area contributed by atoms with Crippen LogP contribution < -0.4 is 23.3 Å². The maximum absolute atomic E-state index is 13.0. The molecule has 0 aliphatic heterocycles. The maximum Gasteiger partial charge on any atom is 0.584 e. The Bertz CT molecular complexity index is 1090. The second-order valence-electron chi connectivity index (χ2n) is 6.62. The molecule has 0 aliphatic rings. The maximum atomic E-state index is 13.0. The second-order valence-corrected chi connectivity index (χ2v) is 7.92. The van der Waals surface area contributed by atoms with Gasteiger partial charge in [0, 0.05) is 18.6 Å². The number of phosphoric ester groups is 1. The first-order valence-corrected chi connectivity index (χ1v) is 11.0. The molecule has 1 atom stereocenters. The monoisotopic (exact) mass is 458 g/mol. The first-order chi connectivity index (χ1) is 15.3. The average molecular weight is 458 g/mol. The molecule has 0 aliphatic carbocycles. The predicted molar refractivity (Wildman–Crippen MR) is 118 cm³/mol. The van der Waals surface area contributed by atoms with Gasteiger partial charge < -0.3 is 23.3 Å². The van der Waals surface area contributed by atoms with E-state index in [0.717, 1.165) is 0 Å². The van der Waals surface area contributed by atoms with Crippen LogP contribution in [0.1, 0.15) is 15.9 Å². The van der Waals surface area contributed by atoms with Gasteiger partial charge >= 0.3 is 7.82 Å². The van der Waals surface area contributed by atoms with Crippen LogP contribution in [0.2, 0.25) is 0 Å². The van der Waals surface area contributed by atoms with Gasteiger partial charge in [-0.3, -0.25) is 9.69 Å². The molecule has 32 heavy (non-hydrogen) atoms. The molecule has 8 nitrogen and oxygen atoms in total. The molecule has 0 fully saturated rings. The van der Waals surface area contributed by atoms with Crippen molar-refractivity contribution in [2.24, 2.45) is 0 Å². The molecular weight excluding hydrogens is 435 g/mol. The second kappa shape index (κ2) is 10.2. The molecule has 0 saturated heterocycles. The van der Waals surface area contributed by atoms with Gasteiger partial charge in [0.15, 0.2) is 5.78 Å². The van der Waals surface area contributed by atoms with E-state index in [1.54, 1.807) is 54.6 Å². The summed E-state index contributed by atoms with van der Waals surface area (Å²) in [6, 6.07) is 17.6. The SMILES string of the molecule is COc1cc(OC)c(C(=O)Cc2ccc(OP(=O)(O)Oc3ccccc3)cc2)c(OC)c1. The van der Waals surface area contributed by atoms with Crippen LogP contribution in [0.5, 0.6) is 28.7 Å². The van der Waals surface area contributed by atoms with Crippen LogP contribution in [0, 0.1) is 0 Å². The molecule has 1 N–H and O–H groups in total. The number of benzene rings is 3. The Morgan fingerprint density at radius 3 is 1.81 bits per heavy atom. The van der Waals surface area contributed by atoms with Crippen LogP contribution in [0.4, 0.5) is 0 Å². The number of methoxy groups -OCH3 is 3. The quantitative estimate of drug-likeness (QED) is 0.345. The topological polar surface area (TPSA) is 101 Å². The number of para-hydroxylation sites is 1. The summed E-state index contributed by atoms with van der Waals surface area (Å²) in [6.07, 6.45) is 0.0522. The number of ketones is 1. The molecule has 0 aromatic heterocycles. The van der Waals surface area contributed by atoms with Crippen molar-refractivity contribution in [3.05, 3.63) is 77.9 Å². The van der Waals surface area contributed by atoms with Gasteiger partial charge in [-0.05, 0) is 29.8 Å². The van der Waals surface area contributed by atoms with Gasteiger partial charge in [0.1, 0.15) is 34.3 Å². The smallest absolute Gasteiger partial charge is 0.496 e. The summed E-state index contributed by atoms with van der Waals surface area (Å²) in [5.41, 5.74) is 0.964. The number of rotatable bonds is 10. The van der Waals surface area contributed by atoms with E-state index >= 15 is 0 Å². The van der Waals surface area contributed by atoms with E-state index in [1.807, 2.05) is 0 Å². The van der Waals surface area contributed by atoms with E-state index in [9.17, 15) is 14.3 Å². The van der Waals surface area contributed by atoms with E-state index in [2.05, 4.69) is 0 Å². The predicted octanol–water partition coefficient (Wildman–Crippen LogP) is 4.70. The summed E-state index contributed by atoms with van der Waals surface area (Å²) in [5.74, 6) is 1.29. The minimum Gasteiger partial charge on any atom is -0.496 e. The van der Waals surface area contributed by atoms with Crippen molar-refractivity contribution in [3.8, 4) is 28.7 Å². The van der Waals surface area contributed by atoms with Crippen molar-refractivity contribution in [3.63, 3.8) is 0 Å². The number of phosphoric acid groups is 1. The number of Topliss-reactive ketones (excluding diaryl/α,β-unsaturated/α-hetero) is 1. The Kier molecular flexibility index (Phi) is 7.41. The molecule has 3 aromatic rings. The third-order valence-electron chi connectivity index (χ3n) is 4.47. The summed E-state index contributed by atoms with van der Waals surface area (Å²) in [6.45, 7) is 0. The van der Waals surface area contributed by atoms with E-state index in [1.165, 1.54) is 33.5 Å². The number of carbonyl (C=O) groups excluding carboxylic acids is 1. The molecule has 168 valence electrons. The Morgan fingerprint density at radius 1 is 0.781 bits per heavy atom. The van der Waals surface area contributed by atoms with E-state index in [4.69, 9.17) is 23.3 Å². The highest BCUT2D eigenvalue weighted by Gasteiger charge is 2.25. The van der Waals surface area contributed by atoms with Crippen molar-refractivity contribution in [2.75, 3.05) is 21.3 Å². The molecule has 3 aromatic carbocycles. The Morgan fingerprint density at radius 2 is 1.31 bits per heavy atom. The van der Waals surface area contributed by atoms with Gasteiger partial charge in [0.2, 0.25) is 0 Å². The molecule has 1 unspecified atom stereocenters. The number of carbonyl (C=O) groups is 1. The van der Waals surface area contributed by atoms with Crippen molar-refractivity contribution in [2.45, 2.75) is 6.42 Å². The molecule has 0 bridgehead atoms. The fourth-order valence-electron chi connectivity index (χ4n) is 2.99. The Labute approximate surface area is 185 Å². The van der Waals surface area contributed by atoms with Crippen LogP contribution >= 0.6 is 7.82 Å². The summed E-state index contributed by atoms with van der Waals surface area (Å²) in [4.78, 5) is 22.9. The zero-order chi connectivity index (χ0) is 23.1. The van der Waals surface area contributed by atoms with Crippen LogP contribution in [0.3, 0.4) is 0 Å². The van der Waals surface area contributed by atoms with Gasteiger partial charge in [-0.25, -0.2) is 4.57 Å². The molecule has 0 amide bonds. The zero-order valence-corrected chi connectivity index (χ0v) is 18.7. The molecule has 3 rings (SSSR count). The molecule has 0 radical (unpaired) electrons. The Hall–Kier alpha value is -3.48. The minimum absolute atomic E-state index is 0.0522. The van der Waals surface area contributed by atoms with E-state index < -0.39 is 7.82 Å². The van der Waals surface area contributed by atoms with Gasteiger partial charge in [-0.1, -0.05) is 30.3 Å². The fraction of sp³-hybridized carbons (Fsp3) is 0.174. The third kappa shape index (κ3) is 5.81. The van der Waals surface area contributed by atoms with Crippen LogP contribution in [0.25, 0.3) is 0 Å². The lowest BCUT2D eigenvalue weighted by Gasteiger charge is -2.15. The first-order valence-electron chi connectivity index (χ1n) is 9.54. The highest BCUT2D eigenvalue weighted by atomic mass is 31.2. The summed E-state index contributed by atoms with van der Waals surface area (Å²) < 4.78 is 38.2. The van der Waals surface area contributed by atoms with Crippen molar-refractivity contribution < 1.29 is 37.5 Å². The minimum atomic E-state index is -4.37. The van der Waals surface area contributed by atoms with Crippen LogP contribution in [0.15, 0.2) is 66.7 Å². The average Bonchev–Trinajstić information content (AvgIpc) is 2.79. The fourth-order valence-corrected chi connectivity index (χ4v) is 3.80. The van der Waals surface area contributed by atoms with Gasteiger partial charge in [0.05, 0.1) is 21.3 Å². The van der Waals surface area contributed by atoms with Crippen LogP contribution in [-0.4, -0.2) is 32.0 Å². The lowest BCUT2D eigenvalue weighted by molar-refractivity contribution is 0.0986. The molecular formula is C23H23O8P. The highest BCUT2D eigenvalue weighted by Crippen LogP contribution is 2.44. The zero-order valence-electron chi connectivity index (χ0n) is 17.8. The van der Waals surface area contributed by atoms with Gasteiger partial charge in [0.25, 0.3) is 0 Å². The van der Waals surface area contributed by atoms with Crippen molar-refractivity contribution in [1.82, 2.24) is 0 Å². The number of hydrogen-bond acceptors (Lipinski definition) is 7. The van der Waals surface area contributed by atoms with Crippen molar-refractivity contribution >= 4 is 13.6 Å². The molecule has 0 heterocycles. The molecule has 9 heteroatoms. The normalized spacial score (nSPS) is 12.4. The standard InChI is InChI=1S/C23H23O8P/c1-27-19-14-21(28-2)23(22(15-19)29-3)20(24)13-16-9-11-18(12-10-16)31-32(25,26)30-17-7-5-4-6-8-17/h4-12,14-15H,13H2,1-3H3,(H,25,26). The van der Waals surface area contributed by atoms with Gasteiger partial charge in [-0.15, -0.1) is 0 Å². The van der Waals surface area contributed by atoms with Crippen LogP contribution in [-0.2, 0) is 11.0 Å². The summed E-state index contributed by atoms with van der Waals surface area (Å²) in [5, 5.41) is 0. The molecule has 0 saturated carbocycles. The number of hydrogen-bond donors (Lipinski definition) is 1. The Balaban J connectivity index is 1.72. The van der Waals surface area contributed by atoms with E-state index in [-0.39, 0.29) is 23.7 Å². The number of ether oxygens (including phenoxy) is 3. The lowest BCUT2D eigenvalue weighted by atomic mass is 10.0.